The lowest BCUT2D eigenvalue weighted by molar-refractivity contribution is -0.137. The van der Waals surface area contributed by atoms with Crippen LogP contribution in [-0.4, -0.2) is 31.1 Å². The smallest absolute Gasteiger partial charge is 0.314 e. The Balaban J connectivity index is 2.29. The molecule has 1 heterocycles. The molecule has 0 aromatic heterocycles. The first-order valence-electron chi connectivity index (χ1n) is 6.43. The van der Waals surface area contributed by atoms with Gasteiger partial charge >= 0.3 is 6.18 Å². The fraction of sp³-hybridized carbons (Fsp3) is 0.500. The summed E-state index contributed by atoms with van der Waals surface area (Å²) >= 11 is 0. The van der Waals surface area contributed by atoms with Gasteiger partial charge in [0.15, 0.2) is 0 Å². The third-order valence-electron chi connectivity index (χ3n) is 3.74. The van der Waals surface area contributed by atoms with Crippen molar-refractivity contribution in [1.82, 2.24) is 10.2 Å². The summed E-state index contributed by atoms with van der Waals surface area (Å²) in [4.78, 5) is 1.99. The van der Waals surface area contributed by atoms with Crippen LogP contribution in [0.2, 0.25) is 0 Å². The van der Waals surface area contributed by atoms with Crippen LogP contribution in [0.5, 0.6) is 0 Å². The van der Waals surface area contributed by atoms with E-state index in [0.717, 1.165) is 25.2 Å². The lowest BCUT2D eigenvalue weighted by Crippen LogP contribution is -2.52. The SMILES string of the molecule is CC(C#N)(c1ccc(C(F)(F)F)cc1)N1CCNCC1. The second-order valence-corrected chi connectivity index (χ2v) is 5.00. The van der Waals surface area contributed by atoms with Gasteiger partial charge in [-0.25, -0.2) is 0 Å². The maximum atomic E-state index is 12.6. The molecule has 1 unspecified atom stereocenters. The Morgan fingerprint density at radius 2 is 1.60 bits per heavy atom. The normalized spacial score (nSPS) is 20.1. The first kappa shape index (κ1) is 14.8. The van der Waals surface area contributed by atoms with Gasteiger partial charge in [-0.3, -0.25) is 4.90 Å². The third kappa shape index (κ3) is 2.79. The summed E-state index contributed by atoms with van der Waals surface area (Å²) in [6.45, 7) is 4.70. The van der Waals surface area contributed by atoms with Crippen molar-refractivity contribution in [3.05, 3.63) is 35.4 Å². The summed E-state index contributed by atoms with van der Waals surface area (Å²) < 4.78 is 37.7. The number of hydrogen-bond acceptors (Lipinski definition) is 3. The highest BCUT2D eigenvalue weighted by Gasteiger charge is 2.36. The van der Waals surface area contributed by atoms with Gasteiger partial charge < -0.3 is 5.32 Å². The van der Waals surface area contributed by atoms with Crippen LogP contribution < -0.4 is 5.32 Å². The molecule has 1 N–H and O–H groups in total. The first-order valence-corrected chi connectivity index (χ1v) is 6.43. The van der Waals surface area contributed by atoms with Crippen molar-refractivity contribution in [3.63, 3.8) is 0 Å². The summed E-state index contributed by atoms with van der Waals surface area (Å²) in [5.74, 6) is 0. The van der Waals surface area contributed by atoms with Crippen molar-refractivity contribution >= 4 is 0 Å². The molecule has 1 fully saturated rings. The van der Waals surface area contributed by atoms with Crippen molar-refractivity contribution in [2.45, 2.75) is 18.6 Å². The van der Waals surface area contributed by atoms with Gasteiger partial charge in [0, 0.05) is 26.2 Å². The number of benzene rings is 1. The Morgan fingerprint density at radius 3 is 2.05 bits per heavy atom. The number of nitriles is 1. The number of hydrogen-bond donors (Lipinski definition) is 1. The van der Waals surface area contributed by atoms with Gasteiger partial charge in [0.25, 0.3) is 0 Å². The van der Waals surface area contributed by atoms with E-state index in [1.807, 2.05) is 4.90 Å². The summed E-state index contributed by atoms with van der Waals surface area (Å²) in [6, 6.07) is 7.10. The zero-order valence-corrected chi connectivity index (χ0v) is 11.2. The Labute approximate surface area is 116 Å². The van der Waals surface area contributed by atoms with Crippen molar-refractivity contribution < 1.29 is 13.2 Å². The van der Waals surface area contributed by atoms with Crippen LogP contribution in [0.15, 0.2) is 24.3 Å². The third-order valence-corrected chi connectivity index (χ3v) is 3.74. The molecule has 1 aromatic rings. The lowest BCUT2D eigenvalue weighted by Gasteiger charge is -2.39. The molecule has 1 saturated heterocycles. The van der Waals surface area contributed by atoms with E-state index in [1.54, 1.807) is 6.92 Å². The van der Waals surface area contributed by atoms with Crippen LogP contribution in [0, 0.1) is 11.3 Å². The van der Waals surface area contributed by atoms with Crippen molar-refractivity contribution in [3.8, 4) is 6.07 Å². The highest BCUT2D eigenvalue weighted by molar-refractivity contribution is 5.34. The number of alkyl halides is 3. The van der Waals surface area contributed by atoms with Gasteiger partial charge in [0.1, 0.15) is 5.54 Å². The highest BCUT2D eigenvalue weighted by Crippen LogP contribution is 2.33. The van der Waals surface area contributed by atoms with Gasteiger partial charge in [-0.1, -0.05) is 12.1 Å². The highest BCUT2D eigenvalue weighted by atomic mass is 19.4. The van der Waals surface area contributed by atoms with Crippen molar-refractivity contribution in [1.29, 1.82) is 5.26 Å². The number of piperazine rings is 1. The Morgan fingerprint density at radius 1 is 1.10 bits per heavy atom. The van der Waals surface area contributed by atoms with Crippen LogP contribution in [-0.2, 0) is 11.7 Å². The average Bonchev–Trinajstić information content (AvgIpc) is 2.46. The molecule has 6 heteroatoms. The van der Waals surface area contributed by atoms with E-state index in [4.69, 9.17) is 0 Å². The minimum Gasteiger partial charge on any atom is -0.314 e. The summed E-state index contributed by atoms with van der Waals surface area (Å²) in [6.07, 6.45) is -4.35. The van der Waals surface area contributed by atoms with Gasteiger partial charge in [0.2, 0.25) is 0 Å². The molecule has 1 aliphatic rings. The minimum atomic E-state index is -4.35. The van der Waals surface area contributed by atoms with E-state index in [9.17, 15) is 18.4 Å². The van der Waals surface area contributed by atoms with Crippen LogP contribution in [0.4, 0.5) is 13.2 Å². The summed E-state index contributed by atoms with van der Waals surface area (Å²) in [5, 5.41) is 12.7. The topological polar surface area (TPSA) is 39.1 Å². The molecule has 108 valence electrons. The maximum absolute atomic E-state index is 12.6. The second kappa shape index (κ2) is 5.43. The molecule has 0 amide bonds. The van der Waals surface area contributed by atoms with Gasteiger partial charge in [0.05, 0.1) is 11.6 Å². The zero-order chi connectivity index (χ0) is 14.8. The van der Waals surface area contributed by atoms with Gasteiger partial charge in [-0.15, -0.1) is 0 Å². The molecule has 1 aromatic carbocycles. The number of nitrogens with zero attached hydrogens (tertiary/aromatic N) is 2. The lowest BCUT2D eigenvalue weighted by atomic mass is 9.90. The van der Waals surface area contributed by atoms with E-state index >= 15 is 0 Å². The van der Waals surface area contributed by atoms with Crippen molar-refractivity contribution in [2.24, 2.45) is 0 Å². The molecule has 20 heavy (non-hydrogen) atoms. The first-order chi connectivity index (χ1) is 9.38. The Kier molecular flexibility index (Phi) is 4.02. The zero-order valence-electron chi connectivity index (χ0n) is 11.2. The fourth-order valence-electron chi connectivity index (χ4n) is 2.41. The molecule has 0 bridgehead atoms. The Hall–Kier alpha value is -1.58. The predicted octanol–water partition coefficient (Wildman–Crippen LogP) is 2.35. The molecule has 3 nitrogen and oxygen atoms in total. The van der Waals surface area contributed by atoms with E-state index in [0.29, 0.717) is 18.7 Å². The number of rotatable bonds is 2. The molecule has 1 atom stereocenters. The monoisotopic (exact) mass is 283 g/mol. The molecule has 1 aliphatic heterocycles. The summed E-state index contributed by atoms with van der Waals surface area (Å²) in [5.41, 5.74) is -0.997. The van der Waals surface area contributed by atoms with E-state index < -0.39 is 17.3 Å². The van der Waals surface area contributed by atoms with Gasteiger partial charge in [-0.05, 0) is 24.6 Å². The van der Waals surface area contributed by atoms with Crippen LogP contribution in [0.25, 0.3) is 0 Å². The second-order valence-electron chi connectivity index (χ2n) is 5.00. The average molecular weight is 283 g/mol. The standard InChI is InChI=1S/C14H16F3N3/c1-13(10-18,20-8-6-19-7-9-20)11-2-4-12(5-3-11)14(15,16)17/h2-5,19H,6-9H2,1H3. The van der Waals surface area contributed by atoms with Crippen LogP contribution >= 0.6 is 0 Å². The summed E-state index contributed by atoms with van der Waals surface area (Å²) in [7, 11) is 0. The number of nitrogens with one attached hydrogen (secondary N) is 1. The fourth-order valence-corrected chi connectivity index (χ4v) is 2.41. The van der Waals surface area contributed by atoms with E-state index in [2.05, 4.69) is 11.4 Å². The predicted molar refractivity (Wildman–Crippen MR) is 68.9 cm³/mol. The van der Waals surface area contributed by atoms with E-state index in [-0.39, 0.29) is 0 Å². The maximum Gasteiger partial charge on any atom is 0.416 e. The molecular weight excluding hydrogens is 267 g/mol. The van der Waals surface area contributed by atoms with Crippen molar-refractivity contribution in [2.75, 3.05) is 26.2 Å². The quantitative estimate of drug-likeness (QED) is 0.905. The van der Waals surface area contributed by atoms with Crippen LogP contribution in [0.1, 0.15) is 18.1 Å². The molecule has 2 rings (SSSR count). The number of halogens is 3. The molecule has 0 radical (unpaired) electrons. The molecule has 0 saturated carbocycles. The van der Waals surface area contributed by atoms with Gasteiger partial charge in [-0.2, -0.15) is 18.4 Å². The Bertz CT molecular complexity index is 498. The minimum absolute atomic E-state index is 0.593. The molecule has 0 spiro atoms. The molecular formula is C14H16F3N3. The molecule has 0 aliphatic carbocycles. The van der Waals surface area contributed by atoms with Crippen LogP contribution in [0.3, 0.4) is 0 Å². The van der Waals surface area contributed by atoms with E-state index in [1.165, 1.54) is 12.1 Å². The largest absolute Gasteiger partial charge is 0.416 e.